The standard InChI is InChI=1S/C11H20O/c1-8(2)12-7-11-6-9-3-4-10(11)5-9/h8-11H,3-7H2,1-2H3/t9-,10?,11+/m1/s1. The van der Waals surface area contributed by atoms with Crippen LogP contribution in [-0.2, 0) is 4.74 Å². The van der Waals surface area contributed by atoms with Gasteiger partial charge in [-0.15, -0.1) is 0 Å². The van der Waals surface area contributed by atoms with Crippen LogP contribution >= 0.6 is 0 Å². The van der Waals surface area contributed by atoms with Crippen molar-refractivity contribution in [1.29, 1.82) is 0 Å². The van der Waals surface area contributed by atoms with Crippen molar-refractivity contribution in [3.8, 4) is 0 Å². The lowest BCUT2D eigenvalue weighted by molar-refractivity contribution is 0.0363. The Morgan fingerprint density at radius 1 is 1.25 bits per heavy atom. The molecule has 0 aromatic rings. The predicted octanol–water partition coefficient (Wildman–Crippen LogP) is 2.85. The van der Waals surface area contributed by atoms with Crippen molar-refractivity contribution in [2.75, 3.05) is 6.61 Å². The average molecular weight is 168 g/mol. The maximum absolute atomic E-state index is 5.68. The highest BCUT2D eigenvalue weighted by Gasteiger charge is 2.39. The Morgan fingerprint density at radius 2 is 2.08 bits per heavy atom. The molecule has 0 aromatic heterocycles. The Balaban J connectivity index is 1.76. The van der Waals surface area contributed by atoms with Gasteiger partial charge in [0.05, 0.1) is 12.7 Å². The van der Waals surface area contributed by atoms with E-state index in [-0.39, 0.29) is 0 Å². The van der Waals surface area contributed by atoms with E-state index in [1.165, 1.54) is 25.7 Å². The lowest BCUT2D eigenvalue weighted by Crippen LogP contribution is -2.19. The van der Waals surface area contributed by atoms with Crippen molar-refractivity contribution >= 4 is 0 Å². The van der Waals surface area contributed by atoms with Gasteiger partial charge in [-0.2, -0.15) is 0 Å². The molecule has 12 heavy (non-hydrogen) atoms. The number of fused-ring (bicyclic) bond motifs is 2. The van der Waals surface area contributed by atoms with E-state index in [4.69, 9.17) is 4.74 Å². The van der Waals surface area contributed by atoms with Crippen LogP contribution in [0.25, 0.3) is 0 Å². The van der Waals surface area contributed by atoms with Gasteiger partial charge in [0.2, 0.25) is 0 Å². The summed E-state index contributed by atoms with van der Waals surface area (Å²) in [4.78, 5) is 0. The van der Waals surface area contributed by atoms with Crippen LogP contribution in [0.3, 0.4) is 0 Å². The molecule has 2 saturated carbocycles. The number of ether oxygens (including phenoxy) is 1. The van der Waals surface area contributed by atoms with Gasteiger partial charge in [0.1, 0.15) is 0 Å². The molecule has 0 heterocycles. The summed E-state index contributed by atoms with van der Waals surface area (Å²) < 4.78 is 5.68. The Labute approximate surface area is 75.5 Å². The zero-order valence-corrected chi connectivity index (χ0v) is 8.25. The molecule has 0 spiro atoms. The van der Waals surface area contributed by atoms with E-state index in [1.807, 2.05) is 0 Å². The van der Waals surface area contributed by atoms with E-state index in [0.717, 1.165) is 24.4 Å². The van der Waals surface area contributed by atoms with E-state index < -0.39 is 0 Å². The van der Waals surface area contributed by atoms with E-state index in [1.54, 1.807) is 0 Å². The molecule has 1 unspecified atom stereocenters. The summed E-state index contributed by atoms with van der Waals surface area (Å²) in [5.41, 5.74) is 0. The van der Waals surface area contributed by atoms with Crippen LogP contribution in [0.2, 0.25) is 0 Å². The van der Waals surface area contributed by atoms with Crippen molar-refractivity contribution in [3.05, 3.63) is 0 Å². The molecule has 1 nitrogen and oxygen atoms in total. The number of hydrogen-bond donors (Lipinski definition) is 0. The topological polar surface area (TPSA) is 9.23 Å². The van der Waals surface area contributed by atoms with Crippen LogP contribution in [0.5, 0.6) is 0 Å². The van der Waals surface area contributed by atoms with Gasteiger partial charge in [-0.3, -0.25) is 0 Å². The maximum Gasteiger partial charge on any atom is 0.0519 e. The predicted molar refractivity (Wildman–Crippen MR) is 50.0 cm³/mol. The molecule has 0 radical (unpaired) electrons. The second-order valence-corrected chi connectivity index (χ2v) is 4.82. The van der Waals surface area contributed by atoms with Gasteiger partial charge in [0.25, 0.3) is 0 Å². The summed E-state index contributed by atoms with van der Waals surface area (Å²) in [5, 5.41) is 0. The minimum Gasteiger partial charge on any atom is -0.378 e. The molecule has 2 aliphatic carbocycles. The zero-order chi connectivity index (χ0) is 8.55. The van der Waals surface area contributed by atoms with Gasteiger partial charge in [-0.05, 0) is 50.9 Å². The van der Waals surface area contributed by atoms with Crippen LogP contribution in [0, 0.1) is 17.8 Å². The first kappa shape index (κ1) is 8.55. The number of hydrogen-bond acceptors (Lipinski definition) is 1. The summed E-state index contributed by atoms with van der Waals surface area (Å²) in [6, 6.07) is 0. The smallest absolute Gasteiger partial charge is 0.0519 e. The summed E-state index contributed by atoms with van der Waals surface area (Å²) in [6.07, 6.45) is 6.37. The normalized spacial score (nSPS) is 39.8. The molecule has 0 aromatic carbocycles. The molecule has 2 aliphatic rings. The minimum absolute atomic E-state index is 0.420. The largest absolute Gasteiger partial charge is 0.378 e. The highest BCUT2D eigenvalue weighted by molar-refractivity contribution is 4.89. The minimum atomic E-state index is 0.420. The quantitative estimate of drug-likeness (QED) is 0.629. The Kier molecular flexibility index (Phi) is 2.40. The van der Waals surface area contributed by atoms with Gasteiger partial charge in [-0.1, -0.05) is 6.42 Å². The molecule has 70 valence electrons. The first-order valence-electron chi connectivity index (χ1n) is 5.37. The van der Waals surface area contributed by atoms with Crippen LogP contribution < -0.4 is 0 Å². The second kappa shape index (κ2) is 3.37. The average Bonchev–Trinajstić information content (AvgIpc) is 2.60. The third-order valence-corrected chi connectivity index (χ3v) is 3.53. The van der Waals surface area contributed by atoms with E-state index in [2.05, 4.69) is 13.8 Å². The highest BCUT2D eigenvalue weighted by atomic mass is 16.5. The first-order valence-corrected chi connectivity index (χ1v) is 5.37. The lowest BCUT2D eigenvalue weighted by atomic mass is 9.89. The van der Waals surface area contributed by atoms with Gasteiger partial charge >= 0.3 is 0 Å². The van der Waals surface area contributed by atoms with Crippen LogP contribution in [-0.4, -0.2) is 12.7 Å². The van der Waals surface area contributed by atoms with Crippen molar-refractivity contribution in [2.45, 2.75) is 45.6 Å². The fourth-order valence-electron chi connectivity index (χ4n) is 2.90. The van der Waals surface area contributed by atoms with Crippen molar-refractivity contribution in [1.82, 2.24) is 0 Å². The molecule has 0 amide bonds. The maximum atomic E-state index is 5.68. The lowest BCUT2D eigenvalue weighted by Gasteiger charge is -2.22. The van der Waals surface area contributed by atoms with Crippen molar-refractivity contribution < 1.29 is 4.74 Å². The summed E-state index contributed by atoms with van der Waals surface area (Å²) in [6.45, 7) is 5.29. The zero-order valence-electron chi connectivity index (χ0n) is 8.25. The third kappa shape index (κ3) is 1.66. The van der Waals surface area contributed by atoms with E-state index >= 15 is 0 Å². The van der Waals surface area contributed by atoms with E-state index in [0.29, 0.717) is 6.10 Å². The third-order valence-electron chi connectivity index (χ3n) is 3.53. The molecule has 0 N–H and O–H groups in total. The summed E-state index contributed by atoms with van der Waals surface area (Å²) >= 11 is 0. The van der Waals surface area contributed by atoms with Gasteiger partial charge in [0.15, 0.2) is 0 Å². The van der Waals surface area contributed by atoms with Crippen LogP contribution in [0.15, 0.2) is 0 Å². The molecule has 2 rings (SSSR count). The Morgan fingerprint density at radius 3 is 2.58 bits per heavy atom. The molecule has 3 atom stereocenters. The summed E-state index contributed by atoms with van der Waals surface area (Å²) in [5.74, 6) is 3.00. The Bertz CT molecular complexity index is 153. The SMILES string of the molecule is CC(C)OC[C@@H]1C[C@@H]2CCC1C2. The fraction of sp³-hybridized carbons (Fsp3) is 1.00. The van der Waals surface area contributed by atoms with Gasteiger partial charge < -0.3 is 4.74 Å². The van der Waals surface area contributed by atoms with Crippen molar-refractivity contribution in [3.63, 3.8) is 0 Å². The molecule has 2 fully saturated rings. The van der Waals surface area contributed by atoms with Gasteiger partial charge in [0, 0.05) is 0 Å². The highest BCUT2D eigenvalue weighted by Crippen LogP contribution is 2.48. The molecular weight excluding hydrogens is 148 g/mol. The fourth-order valence-corrected chi connectivity index (χ4v) is 2.90. The number of rotatable bonds is 3. The molecular formula is C11H20O. The second-order valence-electron chi connectivity index (χ2n) is 4.82. The first-order chi connectivity index (χ1) is 5.75. The monoisotopic (exact) mass is 168 g/mol. The van der Waals surface area contributed by atoms with Crippen LogP contribution in [0.1, 0.15) is 39.5 Å². The molecule has 0 saturated heterocycles. The molecule has 0 aliphatic heterocycles. The van der Waals surface area contributed by atoms with Crippen LogP contribution in [0.4, 0.5) is 0 Å². The molecule has 1 heteroatoms. The molecule has 2 bridgehead atoms. The summed E-state index contributed by atoms with van der Waals surface area (Å²) in [7, 11) is 0. The van der Waals surface area contributed by atoms with Crippen molar-refractivity contribution in [2.24, 2.45) is 17.8 Å². The Hall–Kier alpha value is -0.0400. The van der Waals surface area contributed by atoms with E-state index in [9.17, 15) is 0 Å². The van der Waals surface area contributed by atoms with Gasteiger partial charge in [-0.25, -0.2) is 0 Å².